The first-order valence-corrected chi connectivity index (χ1v) is 5.79. The maximum absolute atomic E-state index is 11.8. The second-order valence-corrected chi connectivity index (χ2v) is 5.03. The first-order chi connectivity index (χ1) is 7.00. The maximum atomic E-state index is 11.8. The first kappa shape index (κ1) is 12.0. The summed E-state index contributed by atoms with van der Waals surface area (Å²) in [6, 6.07) is 5.69. The van der Waals surface area contributed by atoms with E-state index in [1.54, 1.807) is 6.07 Å². The van der Waals surface area contributed by atoms with Crippen LogP contribution in [0, 0.1) is 0 Å². The third-order valence-corrected chi connectivity index (χ3v) is 3.87. The van der Waals surface area contributed by atoms with Crippen LogP contribution in [-0.4, -0.2) is 43.1 Å². The average molecular weight is 231 g/mol. The lowest BCUT2D eigenvalue weighted by Crippen LogP contribution is -2.29. The van der Waals surface area contributed by atoms with Crippen molar-refractivity contribution < 1.29 is 18.6 Å². The van der Waals surface area contributed by atoms with E-state index in [-0.39, 0.29) is 23.8 Å². The second kappa shape index (κ2) is 4.61. The largest absolute Gasteiger partial charge is 0.507 e. The van der Waals surface area contributed by atoms with Crippen molar-refractivity contribution in [2.75, 3.05) is 20.2 Å². The smallest absolute Gasteiger partial charge is 0.246 e. The summed E-state index contributed by atoms with van der Waals surface area (Å²) in [7, 11) is -2.36. The second-order valence-electron chi connectivity index (χ2n) is 3.02. The molecular weight excluding hydrogens is 218 g/mol. The number of rotatable bonds is 4. The van der Waals surface area contributed by atoms with E-state index in [0.29, 0.717) is 0 Å². The summed E-state index contributed by atoms with van der Waals surface area (Å²) in [6.45, 7) is -0.264. The number of phenolic OH excluding ortho intramolecular Hbond substituents is 1. The summed E-state index contributed by atoms with van der Waals surface area (Å²) in [5.41, 5.74) is 0. The van der Waals surface area contributed by atoms with Crippen molar-refractivity contribution >= 4 is 10.0 Å². The fourth-order valence-corrected chi connectivity index (χ4v) is 2.34. The lowest BCUT2D eigenvalue weighted by molar-refractivity contribution is 0.266. The van der Waals surface area contributed by atoms with E-state index >= 15 is 0 Å². The molecule has 1 aromatic rings. The zero-order valence-electron chi connectivity index (χ0n) is 8.29. The molecule has 0 atom stereocenters. The maximum Gasteiger partial charge on any atom is 0.246 e. The number of aliphatic hydroxyl groups excluding tert-OH is 1. The van der Waals surface area contributed by atoms with Crippen molar-refractivity contribution in [2.45, 2.75) is 4.90 Å². The molecule has 0 aliphatic heterocycles. The number of aromatic hydroxyl groups is 1. The Labute approximate surface area is 88.6 Å². The molecule has 84 valence electrons. The lowest BCUT2D eigenvalue weighted by atomic mass is 10.3. The highest BCUT2D eigenvalue weighted by Crippen LogP contribution is 2.23. The molecule has 0 aromatic heterocycles. The Bertz CT molecular complexity index is 429. The molecule has 0 spiro atoms. The molecule has 0 heterocycles. The van der Waals surface area contributed by atoms with Crippen LogP contribution >= 0.6 is 0 Å². The van der Waals surface area contributed by atoms with Crippen LogP contribution in [0.1, 0.15) is 0 Å². The summed E-state index contributed by atoms with van der Waals surface area (Å²) in [5.74, 6) is -0.290. The van der Waals surface area contributed by atoms with Gasteiger partial charge in [-0.3, -0.25) is 0 Å². The molecule has 0 aliphatic rings. The highest BCUT2D eigenvalue weighted by Gasteiger charge is 2.22. The topological polar surface area (TPSA) is 77.8 Å². The number of benzene rings is 1. The van der Waals surface area contributed by atoms with Crippen LogP contribution < -0.4 is 0 Å². The van der Waals surface area contributed by atoms with Gasteiger partial charge in [0, 0.05) is 13.6 Å². The molecule has 0 radical (unpaired) electrons. The number of hydrogen-bond donors (Lipinski definition) is 2. The van der Waals surface area contributed by atoms with Gasteiger partial charge in [-0.25, -0.2) is 8.42 Å². The summed E-state index contributed by atoms with van der Waals surface area (Å²) < 4.78 is 24.6. The molecule has 0 saturated heterocycles. The standard InChI is InChI=1S/C9H13NO4S/c1-10(6-7-11)15(13,14)9-5-3-2-4-8(9)12/h2-5,11-12H,6-7H2,1H3. The van der Waals surface area contributed by atoms with Crippen LogP contribution in [0.4, 0.5) is 0 Å². The van der Waals surface area contributed by atoms with Crippen molar-refractivity contribution in [3.63, 3.8) is 0 Å². The van der Waals surface area contributed by atoms with Crippen LogP contribution in [0.2, 0.25) is 0 Å². The molecule has 6 heteroatoms. The van der Waals surface area contributed by atoms with Gasteiger partial charge in [-0.05, 0) is 12.1 Å². The predicted molar refractivity (Wildman–Crippen MR) is 55.0 cm³/mol. The van der Waals surface area contributed by atoms with Gasteiger partial charge in [0.1, 0.15) is 10.6 Å². The van der Waals surface area contributed by atoms with Gasteiger partial charge in [0.2, 0.25) is 10.0 Å². The minimum Gasteiger partial charge on any atom is -0.507 e. The first-order valence-electron chi connectivity index (χ1n) is 4.35. The van der Waals surface area contributed by atoms with Crippen LogP contribution in [0.3, 0.4) is 0 Å². The Morgan fingerprint density at radius 1 is 1.33 bits per heavy atom. The molecule has 5 nitrogen and oxygen atoms in total. The molecular formula is C9H13NO4S. The Kier molecular flexibility index (Phi) is 3.67. The third kappa shape index (κ3) is 2.47. The van der Waals surface area contributed by atoms with Crippen LogP contribution in [0.15, 0.2) is 29.2 Å². The Balaban J connectivity index is 3.12. The minimum absolute atomic E-state index is 0.00331. The zero-order valence-corrected chi connectivity index (χ0v) is 9.11. The molecule has 0 amide bonds. The molecule has 0 fully saturated rings. The van der Waals surface area contributed by atoms with Gasteiger partial charge in [0.15, 0.2) is 0 Å². The molecule has 0 unspecified atom stereocenters. The van der Waals surface area contributed by atoms with Gasteiger partial charge in [-0.15, -0.1) is 0 Å². The number of phenols is 1. The summed E-state index contributed by atoms with van der Waals surface area (Å²) in [5, 5.41) is 18.0. The fraction of sp³-hybridized carbons (Fsp3) is 0.333. The number of sulfonamides is 1. The van der Waals surface area contributed by atoms with E-state index in [1.165, 1.54) is 25.2 Å². The number of likely N-dealkylation sites (N-methyl/N-ethyl adjacent to an activating group) is 1. The van der Waals surface area contributed by atoms with Gasteiger partial charge in [-0.1, -0.05) is 12.1 Å². The van der Waals surface area contributed by atoms with Crippen LogP contribution in [-0.2, 0) is 10.0 Å². The van der Waals surface area contributed by atoms with E-state index in [0.717, 1.165) is 4.31 Å². The third-order valence-electron chi connectivity index (χ3n) is 1.97. The number of para-hydroxylation sites is 1. The monoisotopic (exact) mass is 231 g/mol. The number of hydrogen-bond acceptors (Lipinski definition) is 4. The summed E-state index contributed by atoms with van der Waals surface area (Å²) >= 11 is 0. The van der Waals surface area contributed by atoms with Crippen molar-refractivity contribution in [3.05, 3.63) is 24.3 Å². The molecule has 1 aromatic carbocycles. The van der Waals surface area contributed by atoms with E-state index in [4.69, 9.17) is 5.11 Å². The molecule has 1 rings (SSSR count). The quantitative estimate of drug-likeness (QED) is 0.765. The average Bonchev–Trinajstić information content (AvgIpc) is 2.18. The van der Waals surface area contributed by atoms with Crippen LogP contribution in [0.5, 0.6) is 5.75 Å². The molecule has 15 heavy (non-hydrogen) atoms. The number of aliphatic hydroxyl groups is 1. The van der Waals surface area contributed by atoms with Gasteiger partial charge in [0.25, 0.3) is 0 Å². The van der Waals surface area contributed by atoms with Crippen LogP contribution in [0.25, 0.3) is 0 Å². The van der Waals surface area contributed by atoms with Crippen molar-refractivity contribution in [1.29, 1.82) is 0 Å². The molecule has 0 saturated carbocycles. The fourth-order valence-electron chi connectivity index (χ4n) is 1.10. The predicted octanol–water partition coefficient (Wildman–Crippen LogP) is 0.00500. The Morgan fingerprint density at radius 2 is 1.93 bits per heavy atom. The number of nitrogens with zero attached hydrogens (tertiary/aromatic N) is 1. The lowest BCUT2D eigenvalue weighted by Gasteiger charge is -2.16. The SMILES string of the molecule is CN(CCO)S(=O)(=O)c1ccccc1O. The Morgan fingerprint density at radius 3 is 2.47 bits per heavy atom. The van der Waals surface area contributed by atoms with Gasteiger partial charge < -0.3 is 10.2 Å². The van der Waals surface area contributed by atoms with E-state index in [9.17, 15) is 13.5 Å². The van der Waals surface area contributed by atoms with Crippen molar-refractivity contribution in [1.82, 2.24) is 4.31 Å². The minimum atomic E-state index is -3.71. The molecule has 0 bridgehead atoms. The highest BCUT2D eigenvalue weighted by atomic mass is 32.2. The van der Waals surface area contributed by atoms with E-state index in [2.05, 4.69) is 0 Å². The molecule has 0 aliphatic carbocycles. The van der Waals surface area contributed by atoms with Crippen molar-refractivity contribution in [2.24, 2.45) is 0 Å². The zero-order chi connectivity index (χ0) is 11.5. The van der Waals surface area contributed by atoms with E-state index in [1.807, 2.05) is 0 Å². The summed E-state index contributed by atoms with van der Waals surface area (Å²) in [4.78, 5) is -0.152. The Hall–Kier alpha value is -1.11. The van der Waals surface area contributed by atoms with Gasteiger partial charge in [0.05, 0.1) is 6.61 Å². The van der Waals surface area contributed by atoms with Crippen molar-refractivity contribution in [3.8, 4) is 5.75 Å². The highest BCUT2D eigenvalue weighted by molar-refractivity contribution is 7.89. The summed E-state index contributed by atoms with van der Waals surface area (Å²) in [6.07, 6.45) is 0. The molecule has 2 N–H and O–H groups in total. The normalized spacial score (nSPS) is 11.9. The van der Waals surface area contributed by atoms with E-state index < -0.39 is 10.0 Å². The van der Waals surface area contributed by atoms with Gasteiger partial charge >= 0.3 is 0 Å². The van der Waals surface area contributed by atoms with Gasteiger partial charge in [-0.2, -0.15) is 4.31 Å².